The Kier molecular flexibility index (Phi) is 2.89. The van der Waals surface area contributed by atoms with E-state index in [0.29, 0.717) is 12.0 Å². The first-order valence-electron chi connectivity index (χ1n) is 7.17. The summed E-state index contributed by atoms with van der Waals surface area (Å²) >= 11 is 0. The fraction of sp³-hybridized carbons (Fsp3) is 0.444. The molecule has 0 amide bonds. The second-order valence-corrected chi connectivity index (χ2v) is 6.54. The first-order valence-corrected chi connectivity index (χ1v) is 7.17. The lowest BCUT2D eigenvalue weighted by molar-refractivity contribution is 0.452. The summed E-state index contributed by atoms with van der Waals surface area (Å²) in [6, 6.07) is 0. The van der Waals surface area contributed by atoms with Crippen molar-refractivity contribution in [2.45, 2.75) is 40.5 Å². The molecule has 0 saturated heterocycles. The second-order valence-electron chi connectivity index (χ2n) is 6.54. The van der Waals surface area contributed by atoms with Gasteiger partial charge in [0.15, 0.2) is 0 Å². The Morgan fingerprint density at radius 1 is 1.15 bits per heavy atom. The average molecular weight is 274 g/mol. The number of halogens is 2. The molecule has 2 atom stereocenters. The van der Waals surface area contributed by atoms with E-state index in [1.807, 2.05) is 33.8 Å². The highest BCUT2D eigenvalue weighted by Gasteiger charge is 2.56. The molecular weight excluding hydrogens is 254 g/mol. The van der Waals surface area contributed by atoms with Crippen molar-refractivity contribution in [1.82, 2.24) is 0 Å². The van der Waals surface area contributed by atoms with Crippen molar-refractivity contribution < 1.29 is 8.78 Å². The van der Waals surface area contributed by atoms with E-state index in [1.165, 1.54) is 0 Å². The normalized spacial score (nSPS) is 33.3. The molecule has 2 unspecified atom stereocenters. The van der Waals surface area contributed by atoms with Gasteiger partial charge in [-0.3, -0.25) is 0 Å². The van der Waals surface area contributed by atoms with Crippen LogP contribution in [-0.2, 0) is 0 Å². The number of hydrogen-bond donors (Lipinski definition) is 0. The van der Waals surface area contributed by atoms with E-state index in [1.54, 1.807) is 12.2 Å². The first kappa shape index (κ1) is 13.5. The molecule has 2 heteroatoms. The quantitative estimate of drug-likeness (QED) is 0.574. The summed E-state index contributed by atoms with van der Waals surface area (Å²) < 4.78 is 28.6. The lowest BCUT2D eigenvalue weighted by atomic mass is 9.86. The SMILES string of the molecule is CC1=C(C)CC=C(F)C(C2=C(C)C3CC3(C)C(F)=C2)=C1. The Hall–Kier alpha value is -1.44. The summed E-state index contributed by atoms with van der Waals surface area (Å²) in [6.45, 7) is 7.96. The van der Waals surface area contributed by atoms with Crippen molar-refractivity contribution in [1.29, 1.82) is 0 Å². The molecule has 3 aliphatic carbocycles. The maximum atomic E-state index is 14.4. The zero-order chi connectivity index (χ0) is 14.7. The van der Waals surface area contributed by atoms with Crippen molar-refractivity contribution in [2.75, 3.05) is 0 Å². The van der Waals surface area contributed by atoms with Gasteiger partial charge in [0.1, 0.15) is 11.7 Å². The molecule has 0 radical (unpaired) electrons. The monoisotopic (exact) mass is 274 g/mol. The minimum atomic E-state index is -0.320. The van der Waals surface area contributed by atoms with E-state index < -0.39 is 0 Å². The van der Waals surface area contributed by atoms with Crippen LogP contribution in [0, 0.1) is 11.3 Å². The van der Waals surface area contributed by atoms with Crippen LogP contribution < -0.4 is 0 Å². The largest absolute Gasteiger partial charge is 0.211 e. The number of rotatable bonds is 1. The van der Waals surface area contributed by atoms with Crippen LogP contribution in [0.4, 0.5) is 8.78 Å². The zero-order valence-corrected chi connectivity index (χ0v) is 12.5. The van der Waals surface area contributed by atoms with Crippen molar-refractivity contribution in [3.8, 4) is 0 Å². The number of allylic oxidation sites excluding steroid dienone is 10. The highest BCUT2D eigenvalue weighted by atomic mass is 19.1. The van der Waals surface area contributed by atoms with Crippen LogP contribution in [-0.4, -0.2) is 0 Å². The minimum absolute atomic E-state index is 0.0978. The van der Waals surface area contributed by atoms with Gasteiger partial charge >= 0.3 is 0 Å². The van der Waals surface area contributed by atoms with Gasteiger partial charge in [-0.1, -0.05) is 23.6 Å². The average Bonchev–Trinajstić information content (AvgIpc) is 3.12. The van der Waals surface area contributed by atoms with Crippen LogP contribution in [0.3, 0.4) is 0 Å². The van der Waals surface area contributed by atoms with E-state index in [2.05, 4.69) is 0 Å². The molecule has 0 nitrogen and oxygen atoms in total. The zero-order valence-electron chi connectivity index (χ0n) is 12.5. The summed E-state index contributed by atoms with van der Waals surface area (Å²) in [5.41, 5.74) is 4.31. The molecule has 1 saturated carbocycles. The summed E-state index contributed by atoms with van der Waals surface area (Å²) in [5, 5.41) is 0. The smallest absolute Gasteiger partial charge is 0.127 e. The molecule has 0 aliphatic heterocycles. The lowest BCUT2D eigenvalue weighted by Gasteiger charge is -2.20. The van der Waals surface area contributed by atoms with Gasteiger partial charge in [-0.15, -0.1) is 0 Å². The van der Waals surface area contributed by atoms with Gasteiger partial charge in [0, 0.05) is 11.0 Å². The molecule has 106 valence electrons. The first-order chi connectivity index (χ1) is 9.34. The summed E-state index contributed by atoms with van der Waals surface area (Å²) in [6.07, 6.45) is 6.48. The molecule has 3 rings (SSSR count). The van der Waals surface area contributed by atoms with Crippen LogP contribution >= 0.6 is 0 Å². The predicted molar refractivity (Wildman–Crippen MR) is 78.4 cm³/mol. The predicted octanol–water partition coefficient (Wildman–Crippen LogP) is 5.72. The molecule has 0 bridgehead atoms. The third kappa shape index (κ3) is 1.85. The van der Waals surface area contributed by atoms with E-state index in [4.69, 9.17) is 0 Å². The summed E-state index contributed by atoms with van der Waals surface area (Å²) in [7, 11) is 0. The molecule has 0 aromatic rings. The van der Waals surface area contributed by atoms with E-state index >= 15 is 0 Å². The van der Waals surface area contributed by atoms with Gasteiger partial charge in [0.2, 0.25) is 0 Å². The Bertz CT molecular complexity index is 640. The molecule has 0 N–H and O–H groups in total. The molecule has 20 heavy (non-hydrogen) atoms. The number of hydrogen-bond acceptors (Lipinski definition) is 0. The maximum Gasteiger partial charge on any atom is 0.127 e. The van der Waals surface area contributed by atoms with Crippen molar-refractivity contribution in [3.63, 3.8) is 0 Å². The Morgan fingerprint density at radius 3 is 2.55 bits per heavy atom. The van der Waals surface area contributed by atoms with Gasteiger partial charge in [-0.25, -0.2) is 8.78 Å². The topological polar surface area (TPSA) is 0 Å². The van der Waals surface area contributed by atoms with Crippen molar-refractivity contribution >= 4 is 0 Å². The van der Waals surface area contributed by atoms with Crippen LogP contribution in [0.25, 0.3) is 0 Å². The third-order valence-electron chi connectivity index (χ3n) is 5.17. The van der Waals surface area contributed by atoms with Gasteiger partial charge < -0.3 is 0 Å². The fourth-order valence-electron chi connectivity index (χ4n) is 3.27. The van der Waals surface area contributed by atoms with Crippen molar-refractivity contribution in [3.05, 3.63) is 57.7 Å². The van der Waals surface area contributed by atoms with Gasteiger partial charge in [0.25, 0.3) is 0 Å². The van der Waals surface area contributed by atoms with E-state index in [-0.39, 0.29) is 23.0 Å². The van der Waals surface area contributed by atoms with Crippen molar-refractivity contribution in [2.24, 2.45) is 11.3 Å². The lowest BCUT2D eigenvalue weighted by Crippen LogP contribution is -2.08. The molecule has 0 heterocycles. The van der Waals surface area contributed by atoms with Gasteiger partial charge in [0.05, 0.1) is 0 Å². The van der Waals surface area contributed by atoms with Crippen LogP contribution in [0.1, 0.15) is 40.5 Å². The maximum absolute atomic E-state index is 14.4. The summed E-state index contributed by atoms with van der Waals surface area (Å²) in [4.78, 5) is 0. The molecule has 0 spiro atoms. The minimum Gasteiger partial charge on any atom is -0.211 e. The van der Waals surface area contributed by atoms with E-state index in [0.717, 1.165) is 28.7 Å². The molecule has 1 fully saturated rings. The third-order valence-corrected chi connectivity index (χ3v) is 5.17. The van der Waals surface area contributed by atoms with Crippen LogP contribution in [0.15, 0.2) is 57.7 Å². The highest BCUT2D eigenvalue weighted by Crippen LogP contribution is 2.64. The molecule has 3 aliphatic rings. The van der Waals surface area contributed by atoms with Crippen LogP contribution in [0.2, 0.25) is 0 Å². The Balaban J connectivity index is 2.12. The van der Waals surface area contributed by atoms with E-state index in [9.17, 15) is 8.78 Å². The summed E-state index contributed by atoms with van der Waals surface area (Å²) in [5.74, 6) is -0.0897. The fourth-order valence-corrected chi connectivity index (χ4v) is 3.27. The standard InChI is InChI=1S/C18H20F2/c1-10-5-6-16(19)14(7-11(10)2)13-8-17(20)18(4)9-15(18)12(13)3/h6-8,15H,5,9H2,1-4H3. The highest BCUT2D eigenvalue weighted by molar-refractivity contribution is 5.60. The molecule has 0 aromatic heterocycles. The Morgan fingerprint density at radius 2 is 1.85 bits per heavy atom. The molecule has 0 aromatic carbocycles. The number of fused-ring (bicyclic) bond motifs is 1. The van der Waals surface area contributed by atoms with Gasteiger partial charge in [-0.05, 0) is 63.3 Å². The van der Waals surface area contributed by atoms with Crippen LogP contribution in [0.5, 0.6) is 0 Å². The van der Waals surface area contributed by atoms with Gasteiger partial charge in [-0.2, -0.15) is 0 Å². The Labute approximate surface area is 119 Å². The molecular formula is C18H20F2. The second kappa shape index (κ2) is 4.28.